The molecule has 0 aliphatic carbocycles. The van der Waals surface area contributed by atoms with E-state index in [1.807, 2.05) is 25.1 Å². The van der Waals surface area contributed by atoms with Gasteiger partial charge in [0.05, 0.1) is 18.2 Å². The molecule has 0 N–H and O–H groups in total. The summed E-state index contributed by atoms with van der Waals surface area (Å²) in [7, 11) is 0. The summed E-state index contributed by atoms with van der Waals surface area (Å²) in [5.74, 6) is -0.0632. The number of benzene rings is 1. The van der Waals surface area contributed by atoms with Crippen molar-refractivity contribution in [1.29, 1.82) is 0 Å². The Bertz CT molecular complexity index is 681. The van der Waals surface area contributed by atoms with E-state index in [0.717, 1.165) is 22.9 Å². The van der Waals surface area contributed by atoms with Crippen molar-refractivity contribution in [3.05, 3.63) is 40.7 Å². The van der Waals surface area contributed by atoms with Crippen molar-refractivity contribution in [3.63, 3.8) is 0 Å². The lowest BCUT2D eigenvalue weighted by molar-refractivity contribution is 0.0300. The van der Waals surface area contributed by atoms with Gasteiger partial charge in [0.2, 0.25) is 0 Å². The van der Waals surface area contributed by atoms with Gasteiger partial charge in [-0.3, -0.25) is 4.79 Å². The molecule has 21 heavy (non-hydrogen) atoms. The molecule has 5 heteroatoms. The van der Waals surface area contributed by atoms with Gasteiger partial charge in [-0.05, 0) is 23.9 Å². The molecule has 1 amide bonds. The lowest BCUT2D eigenvalue weighted by Gasteiger charge is -2.27. The summed E-state index contributed by atoms with van der Waals surface area (Å²) in [5, 5.41) is 2.28. The van der Waals surface area contributed by atoms with Crippen LogP contribution >= 0.6 is 11.6 Å². The number of rotatable bonds is 2. The lowest BCUT2D eigenvalue weighted by Crippen LogP contribution is -2.41. The Morgan fingerprint density at radius 3 is 2.86 bits per heavy atom. The summed E-state index contributed by atoms with van der Waals surface area (Å²) in [6.45, 7) is 4.38. The number of carbonyl (C=O) groups is 1. The first-order valence-corrected chi connectivity index (χ1v) is 7.53. The number of aromatic nitrogens is 1. The highest BCUT2D eigenvalue weighted by atomic mass is 35.5. The fourth-order valence-corrected chi connectivity index (χ4v) is 2.85. The lowest BCUT2D eigenvalue weighted by atomic mass is 10.1. The number of hydrogen-bond donors (Lipinski definition) is 0. The molecule has 1 fully saturated rings. The van der Waals surface area contributed by atoms with Crippen LogP contribution in [-0.4, -0.2) is 42.1 Å². The summed E-state index contributed by atoms with van der Waals surface area (Å²) in [6, 6.07) is 7.66. The van der Waals surface area contributed by atoms with Crippen LogP contribution in [0.2, 0.25) is 5.02 Å². The van der Waals surface area contributed by atoms with Gasteiger partial charge in [-0.15, -0.1) is 0 Å². The number of carbonyl (C=O) groups excluding carboxylic acids is 1. The van der Waals surface area contributed by atoms with E-state index in [4.69, 9.17) is 16.3 Å². The summed E-state index contributed by atoms with van der Waals surface area (Å²) in [6.07, 6.45) is 0.784. The second kappa shape index (κ2) is 6.00. The molecule has 1 aliphatic heterocycles. The Labute approximate surface area is 128 Å². The van der Waals surface area contributed by atoms with Gasteiger partial charge in [0.1, 0.15) is 5.69 Å². The number of fused-ring (bicyclic) bond motifs is 1. The maximum absolute atomic E-state index is 12.8. The smallest absolute Gasteiger partial charge is 0.273 e. The molecule has 3 rings (SSSR count). The quantitative estimate of drug-likeness (QED) is 0.857. The van der Waals surface area contributed by atoms with E-state index >= 15 is 0 Å². The molecule has 1 saturated heterocycles. The van der Waals surface area contributed by atoms with E-state index in [9.17, 15) is 4.79 Å². The van der Waals surface area contributed by atoms with Gasteiger partial charge in [0.25, 0.3) is 5.91 Å². The second-order valence-corrected chi connectivity index (χ2v) is 5.47. The molecule has 4 nitrogen and oxygen atoms in total. The zero-order chi connectivity index (χ0) is 14.8. The van der Waals surface area contributed by atoms with Gasteiger partial charge in [-0.2, -0.15) is 0 Å². The molecule has 0 atom stereocenters. The molecule has 110 valence electrons. The number of hydrogen-bond acceptors (Lipinski definition) is 3. The monoisotopic (exact) mass is 304 g/mol. The first-order chi connectivity index (χ1) is 10.2. The van der Waals surface area contributed by atoms with Crippen molar-refractivity contribution in [2.24, 2.45) is 0 Å². The van der Waals surface area contributed by atoms with Crippen molar-refractivity contribution < 1.29 is 9.53 Å². The normalized spacial score (nSPS) is 15.4. The number of nitrogens with zero attached hydrogens (tertiary/aromatic N) is 2. The molecule has 0 spiro atoms. The van der Waals surface area contributed by atoms with Crippen LogP contribution in [0.1, 0.15) is 23.1 Å². The molecule has 1 aromatic heterocycles. The van der Waals surface area contributed by atoms with Crippen LogP contribution in [0.15, 0.2) is 24.3 Å². The van der Waals surface area contributed by atoms with Crippen LogP contribution in [0.25, 0.3) is 10.8 Å². The molecule has 1 aliphatic rings. The van der Waals surface area contributed by atoms with Crippen LogP contribution < -0.4 is 0 Å². The number of pyridine rings is 1. The number of morpholine rings is 1. The zero-order valence-corrected chi connectivity index (χ0v) is 12.7. The molecule has 0 radical (unpaired) electrons. The minimum Gasteiger partial charge on any atom is -0.378 e. The van der Waals surface area contributed by atoms with Crippen molar-refractivity contribution >= 4 is 28.3 Å². The predicted octanol–water partition coefficient (Wildman–Crippen LogP) is 2.92. The second-order valence-electron chi connectivity index (χ2n) is 5.06. The van der Waals surface area contributed by atoms with E-state index in [1.54, 1.807) is 11.0 Å². The molecule has 2 aromatic rings. The summed E-state index contributed by atoms with van der Waals surface area (Å²) < 4.78 is 5.30. The minimum atomic E-state index is -0.0632. The van der Waals surface area contributed by atoms with Gasteiger partial charge >= 0.3 is 0 Å². The highest BCUT2D eigenvalue weighted by Gasteiger charge is 2.23. The van der Waals surface area contributed by atoms with E-state index in [0.29, 0.717) is 37.0 Å². The Morgan fingerprint density at radius 1 is 1.38 bits per heavy atom. The SMILES string of the molecule is CCc1cc2cccc(Cl)c2c(C(=O)N2CCOCC2)n1. The van der Waals surface area contributed by atoms with Gasteiger partial charge in [-0.25, -0.2) is 4.98 Å². The molecule has 2 heterocycles. The standard InChI is InChI=1S/C16H17ClN2O2/c1-2-12-10-11-4-3-5-13(17)14(11)15(18-12)16(20)19-6-8-21-9-7-19/h3-5,10H,2,6-9H2,1H3. The fraction of sp³-hybridized carbons (Fsp3) is 0.375. The van der Waals surface area contributed by atoms with Crippen molar-refractivity contribution in [1.82, 2.24) is 9.88 Å². The van der Waals surface area contributed by atoms with Crippen molar-refractivity contribution in [2.45, 2.75) is 13.3 Å². The van der Waals surface area contributed by atoms with E-state index in [-0.39, 0.29) is 5.91 Å². The molecular formula is C16H17ClN2O2. The highest BCUT2D eigenvalue weighted by molar-refractivity contribution is 6.36. The summed E-state index contributed by atoms with van der Waals surface area (Å²) in [5.41, 5.74) is 1.36. The number of aryl methyl sites for hydroxylation is 1. The van der Waals surface area contributed by atoms with E-state index in [2.05, 4.69) is 4.98 Å². The zero-order valence-electron chi connectivity index (χ0n) is 11.9. The Kier molecular flexibility index (Phi) is 4.08. The minimum absolute atomic E-state index is 0.0632. The largest absolute Gasteiger partial charge is 0.378 e. The van der Waals surface area contributed by atoms with Crippen molar-refractivity contribution in [2.75, 3.05) is 26.3 Å². The molecule has 0 saturated carbocycles. The Hall–Kier alpha value is -1.65. The first-order valence-electron chi connectivity index (χ1n) is 7.16. The fourth-order valence-electron chi connectivity index (χ4n) is 2.57. The highest BCUT2D eigenvalue weighted by Crippen LogP contribution is 2.27. The van der Waals surface area contributed by atoms with Crippen molar-refractivity contribution in [3.8, 4) is 0 Å². The third-order valence-electron chi connectivity index (χ3n) is 3.72. The van der Waals surface area contributed by atoms with Crippen LogP contribution in [-0.2, 0) is 11.2 Å². The molecular weight excluding hydrogens is 288 g/mol. The summed E-state index contributed by atoms with van der Waals surface area (Å²) >= 11 is 6.31. The van der Waals surface area contributed by atoms with Gasteiger partial charge in [-0.1, -0.05) is 30.7 Å². The average Bonchev–Trinajstić information content (AvgIpc) is 2.54. The van der Waals surface area contributed by atoms with E-state index in [1.165, 1.54) is 0 Å². The molecule has 0 bridgehead atoms. The number of ether oxygens (including phenoxy) is 1. The third-order valence-corrected chi connectivity index (χ3v) is 4.04. The summed E-state index contributed by atoms with van der Waals surface area (Å²) in [4.78, 5) is 19.1. The van der Waals surface area contributed by atoms with Crippen LogP contribution in [0, 0.1) is 0 Å². The van der Waals surface area contributed by atoms with Crippen LogP contribution in [0.4, 0.5) is 0 Å². The molecule has 0 unspecified atom stereocenters. The number of halogens is 1. The topological polar surface area (TPSA) is 42.4 Å². The van der Waals surface area contributed by atoms with Crippen LogP contribution in [0.3, 0.4) is 0 Å². The first kappa shape index (κ1) is 14.3. The van der Waals surface area contributed by atoms with Crippen LogP contribution in [0.5, 0.6) is 0 Å². The van der Waals surface area contributed by atoms with Gasteiger partial charge in [0.15, 0.2) is 0 Å². The van der Waals surface area contributed by atoms with Gasteiger partial charge < -0.3 is 9.64 Å². The Morgan fingerprint density at radius 2 is 2.14 bits per heavy atom. The maximum atomic E-state index is 12.8. The molecule has 1 aromatic carbocycles. The van der Waals surface area contributed by atoms with Gasteiger partial charge in [0, 0.05) is 24.2 Å². The predicted molar refractivity (Wildman–Crippen MR) is 82.9 cm³/mol. The van der Waals surface area contributed by atoms with E-state index < -0.39 is 0 Å². The number of amides is 1. The third kappa shape index (κ3) is 2.74. The maximum Gasteiger partial charge on any atom is 0.273 e. The average molecular weight is 305 g/mol. The Balaban J connectivity index is 2.13.